The summed E-state index contributed by atoms with van der Waals surface area (Å²) < 4.78 is 39.0. The quantitative estimate of drug-likeness (QED) is 0.602. The topological polar surface area (TPSA) is 86.8 Å². The van der Waals surface area contributed by atoms with Crippen molar-refractivity contribution in [2.45, 2.75) is 33.0 Å². The first kappa shape index (κ1) is 24.5. The van der Waals surface area contributed by atoms with Gasteiger partial charge < -0.3 is 10.2 Å². The zero-order chi connectivity index (χ0) is 23.0. The first-order valence-corrected chi connectivity index (χ1v) is 11.8. The zero-order valence-corrected chi connectivity index (χ0v) is 18.7. The Morgan fingerprint density at radius 1 is 1.00 bits per heavy atom. The van der Waals surface area contributed by atoms with E-state index in [4.69, 9.17) is 0 Å². The molecule has 9 heteroatoms. The number of hydrogen-bond donors (Lipinski definition) is 1. The first-order valence-electron chi connectivity index (χ1n) is 9.92. The Morgan fingerprint density at radius 2 is 1.58 bits per heavy atom. The molecule has 2 amide bonds. The predicted molar refractivity (Wildman–Crippen MR) is 117 cm³/mol. The summed E-state index contributed by atoms with van der Waals surface area (Å²) in [7, 11) is -3.69. The van der Waals surface area contributed by atoms with Gasteiger partial charge in [0.2, 0.25) is 21.8 Å². The van der Waals surface area contributed by atoms with E-state index in [1.807, 2.05) is 6.07 Å². The minimum absolute atomic E-state index is 0.0331. The molecular formula is C22H28FN3O4S. The van der Waals surface area contributed by atoms with Crippen LogP contribution in [-0.2, 0) is 32.7 Å². The van der Waals surface area contributed by atoms with E-state index in [1.54, 1.807) is 38.1 Å². The summed E-state index contributed by atoms with van der Waals surface area (Å²) in [4.78, 5) is 26.9. The highest BCUT2D eigenvalue weighted by atomic mass is 32.2. The van der Waals surface area contributed by atoms with Gasteiger partial charge in [0.15, 0.2) is 0 Å². The number of halogens is 1. The number of amides is 2. The highest BCUT2D eigenvalue weighted by molar-refractivity contribution is 7.88. The summed E-state index contributed by atoms with van der Waals surface area (Å²) in [5.41, 5.74) is 1.36. The van der Waals surface area contributed by atoms with E-state index in [-0.39, 0.29) is 19.0 Å². The number of benzene rings is 2. The molecule has 0 saturated heterocycles. The van der Waals surface area contributed by atoms with E-state index in [2.05, 4.69) is 5.32 Å². The second kappa shape index (κ2) is 11.0. The first-order chi connectivity index (χ1) is 14.6. The fraction of sp³-hybridized carbons (Fsp3) is 0.364. The lowest BCUT2D eigenvalue weighted by molar-refractivity contribution is -0.140. The Kier molecular flexibility index (Phi) is 8.70. The van der Waals surface area contributed by atoms with Crippen molar-refractivity contribution >= 4 is 21.8 Å². The largest absolute Gasteiger partial charge is 0.355 e. The monoisotopic (exact) mass is 449 g/mol. The van der Waals surface area contributed by atoms with Gasteiger partial charge in [-0.15, -0.1) is 0 Å². The van der Waals surface area contributed by atoms with Crippen molar-refractivity contribution in [1.82, 2.24) is 14.5 Å². The molecule has 168 valence electrons. The van der Waals surface area contributed by atoms with Gasteiger partial charge in [0, 0.05) is 19.6 Å². The van der Waals surface area contributed by atoms with Gasteiger partial charge in [0.1, 0.15) is 11.9 Å². The molecule has 0 aliphatic rings. The summed E-state index contributed by atoms with van der Waals surface area (Å²) in [5.74, 6) is -1.29. The van der Waals surface area contributed by atoms with Crippen LogP contribution in [0.5, 0.6) is 0 Å². The number of carbonyl (C=O) groups is 2. The Balaban J connectivity index is 2.28. The molecule has 2 rings (SSSR count). The Labute approximate surface area is 182 Å². The minimum Gasteiger partial charge on any atom is -0.355 e. The molecule has 2 aromatic rings. The lowest BCUT2D eigenvalue weighted by atomic mass is 10.1. The van der Waals surface area contributed by atoms with Crippen LogP contribution in [0, 0.1) is 5.82 Å². The van der Waals surface area contributed by atoms with Gasteiger partial charge >= 0.3 is 0 Å². The predicted octanol–water partition coefficient (Wildman–Crippen LogP) is 2.14. The Hall–Kier alpha value is -2.78. The second-order valence-electron chi connectivity index (χ2n) is 7.24. The summed E-state index contributed by atoms with van der Waals surface area (Å²) in [6.45, 7) is 3.39. The van der Waals surface area contributed by atoms with Crippen LogP contribution < -0.4 is 5.32 Å². The smallest absolute Gasteiger partial charge is 0.242 e. The van der Waals surface area contributed by atoms with Crippen LogP contribution in [0.15, 0.2) is 54.6 Å². The van der Waals surface area contributed by atoms with E-state index < -0.39 is 34.3 Å². The summed E-state index contributed by atoms with van der Waals surface area (Å²) in [5, 5.41) is 2.67. The molecule has 7 nitrogen and oxygen atoms in total. The number of likely N-dealkylation sites (N-methyl/N-ethyl adjacent to an activating group) is 1. The number of rotatable bonds is 10. The maximum Gasteiger partial charge on any atom is 0.242 e. The van der Waals surface area contributed by atoms with Crippen molar-refractivity contribution in [2.75, 3.05) is 19.3 Å². The Bertz CT molecular complexity index is 982. The molecule has 0 radical (unpaired) electrons. The molecule has 0 aliphatic heterocycles. The van der Waals surface area contributed by atoms with Crippen LogP contribution in [0.3, 0.4) is 0 Å². The number of nitrogens with zero attached hydrogens (tertiary/aromatic N) is 2. The molecule has 0 fully saturated rings. The lowest BCUT2D eigenvalue weighted by Gasteiger charge is -2.30. The number of hydrogen-bond acceptors (Lipinski definition) is 4. The molecule has 0 heterocycles. The third kappa shape index (κ3) is 7.45. The zero-order valence-electron chi connectivity index (χ0n) is 17.9. The highest BCUT2D eigenvalue weighted by Crippen LogP contribution is 2.14. The van der Waals surface area contributed by atoms with Crippen LogP contribution >= 0.6 is 0 Å². The second-order valence-corrected chi connectivity index (χ2v) is 9.22. The summed E-state index contributed by atoms with van der Waals surface area (Å²) >= 11 is 0. The van der Waals surface area contributed by atoms with E-state index in [9.17, 15) is 22.4 Å². The van der Waals surface area contributed by atoms with Crippen LogP contribution in [0.1, 0.15) is 25.0 Å². The third-order valence-corrected chi connectivity index (χ3v) is 5.96. The molecule has 0 spiro atoms. The third-order valence-electron chi connectivity index (χ3n) is 4.77. The average molecular weight is 450 g/mol. The summed E-state index contributed by atoms with van der Waals surface area (Å²) in [6.07, 6.45) is 1.04. The molecule has 0 bridgehead atoms. The molecule has 1 unspecified atom stereocenters. The van der Waals surface area contributed by atoms with Crippen LogP contribution in [-0.4, -0.2) is 54.8 Å². The van der Waals surface area contributed by atoms with Gasteiger partial charge in [-0.3, -0.25) is 9.59 Å². The van der Waals surface area contributed by atoms with Crippen molar-refractivity contribution in [3.8, 4) is 0 Å². The summed E-state index contributed by atoms with van der Waals surface area (Å²) in [6, 6.07) is 13.7. The molecule has 0 saturated carbocycles. The van der Waals surface area contributed by atoms with Gasteiger partial charge in [-0.2, -0.15) is 4.31 Å². The van der Waals surface area contributed by atoms with Crippen molar-refractivity contribution < 1.29 is 22.4 Å². The average Bonchev–Trinajstić information content (AvgIpc) is 2.72. The van der Waals surface area contributed by atoms with E-state index in [1.165, 1.54) is 29.2 Å². The maximum absolute atomic E-state index is 13.3. The SMILES string of the molecule is CCNC(=O)C(C)N(Cc1ccc(F)cc1)C(=O)CN(Cc1ccccc1)S(C)(=O)=O. The molecular weight excluding hydrogens is 421 g/mol. The highest BCUT2D eigenvalue weighted by Gasteiger charge is 2.29. The van der Waals surface area contributed by atoms with Crippen molar-refractivity contribution in [1.29, 1.82) is 0 Å². The molecule has 31 heavy (non-hydrogen) atoms. The van der Waals surface area contributed by atoms with Crippen LogP contribution in [0.25, 0.3) is 0 Å². The minimum atomic E-state index is -3.69. The van der Waals surface area contributed by atoms with Gasteiger partial charge in [-0.05, 0) is 37.1 Å². The van der Waals surface area contributed by atoms with Gasteiger partial charge in [0.05, 0.1) is 12.8 Å². The molecule has 2 aromatic carbocycles. The van der Waals surface area contributed by atoms with Gasteiger partial charge in [-0.25, -0.2) is 12.8 Å². The Morgan fingerprint density at radius 3 is 2.13 bits per heavy atom. The lowest BCUT2D eigenvalue weighted by Crippen LogP contribution is -2.50. The van der Waals surface area contributed by atoms with Crippen LogP contribution in [0.4, 0.5) is 4.39 Å². The van der Waals surface area contributed by atoms with Gasteiger partial charge in [0.25, 0.3) is 0 Å². The number of sulfonamides is 1. The number of carbonyl (C=O) groups excluding carboxylic acids is 2. The standard InChI is InChI=1S/C22H28FN3O4S/c1-4-24-22(28)17(2)26(15-19-10-12-20(23)13-11-19)21(27)16-25(31(3,29)30)14-18-8-6-5-7-9-18/h5-13,17H,4,14-16H2,1-3H3,(H,24,28). The molecule has 0 aliphatic carbocycles. The molecule has 0 aromatic heterocycles. The number of nitrogens with one attached hydrogen (secondary N) is 1. The van der Waals surface area contributed by atoms with Crippen molar-refractivity contribution in [2.24, 2.45) is 0 Å². The van der Waals surface area contributed by atoms with E-state index in [0.29, 0.717) is 12.1 Å². The fourth-order valence-electron chi connectivity index (χ4n) is 3.01. The van der Waals surface area contributed by atoms with E-state index >= 15 is 0 Å². The molecule has 1 atom stereocenters. The van der Waals surface area contributed by atoms with Crippen LogP contribution in [0.2, 0.25) is 0 Å². The molecule has 1 N–H and O–H groups in total. The maximum atomic E-state index is 13.3. The van der Waals surface area contributed by atoms with Crippen molar-refractivity contribution in [3.05, 3.63) is 71.5 Å². The van der Waals surface area contributed by atoms with E-state index in [0.717, 1.165) is 16.1 Å². The fourth-order valence-corrected chi connectivity index (χ4v) is 3.74. The van der Waals surface area contributed by atoms with Gasteiger partial charge in [-0.1, -0.05) is 42.5 Å². The normalized spacial score (nSPS) is 12.4. The van der Waals surface area contributed by atoms with Crippen molar-refractivity contribution in [3.63, 3.8) is 0 Å².